The molecule has 3 aromatic rings. The van der Waals surface area contributed by atoms with Gasteiger partial charge in [-0.25, -0.2) is 4.98 Å². The van der Waals surface area contributed by atoms with Crippen LogP contribution in [0.15, 0.2) is 41.1 Å². The lowest BCUT2D eigenvalue weighted by Crippen LogP contribution is -2.44. The normalized spacial score (nSPS) is 18.0. The molecular formula is C18H18BrClN4O. The molecule has 2 aromatic heterocycles. The Labute approximate surface area is 159 Å². The fraction of sp³-hybridized carbons (Fsp3) is 0.333. The summed E-state index contributed by atoms with van der Waals surface area (Å²) in [6.45, 7) is 5.07. The van der Waals surface area contributed by atoms with Gasteiger partial charge < -0.3 is 9.64 Å². The van der Waals surface area contributed by atoms with Gasteiger partial charge in [-0.2, -0.15) is 5.10 Å². The number of rotatable bonds is 3. The maximum Gasteiger partial charge on any atom is 0.129 e. The zero-order chi connectivity index (χ0) is 17.4. The number of hydrogen-bond acceptors (Lipinski definition) is 4. The highest BCUT2D eigenvalue weighted by Gasteiger charge is 2.22. The van der Waals surface area contributed by atoms with Crippen LogP contribution in [0.3, 0.4) is 0 Å². The van der Waals surface area contributed by atoms with E-state index in [9.17, 15) is 0 Å². The summed E-state index contributed by atoms with van der Waals surface area (Å²) in [6.07, 6.45) is 3.99. The van der Waals surface area contributed by atoms with E-state index in [2.05, 4.69) is 32.0 Å². The van der Waals surface area contributed by atoms with Crippen LogP contribution in [0.5, 0.6) is 0 Å². The Morgan fingerprint density at radius 1 is 1.36 bits per heavy atom. The van der Waals surface area contributed by atoms with Crippen LogP contribution in [0.2, 0.25) is 5.02 Å². The van der Waals surface area contributed by atoms with Crippen LogP contribution in [-0.2, 0) is 11.3 Å². The molecule has 3 heterocycles. The van der Waals surface area contributed by atoms with Gasteiger partial charge >= 0.3 is 0 Å². The van der Waals surface area contributed by atoms with Gasteiger partial charge in [-0.1, -0.05) is 27.5 Å². The van der Waals surface area contributed by atoms with Crippen LogP contribution in [0, 0.1) is 6.92 Å². The first-order valence-electron chi connectivity index (χ1n) is 8.20. The molecule has 0 spiro atoms. The van der Waals surface area contributed by atoms with Gasteiger partial charge in [-0.05, 0) is 36.8 Å². The maximum atomic E-state index is 6.36. The molecule has 5 nitrogen and oxygen atoms in total. The van der Waals surface area contributed by atoms with E-state index in [1.807, 2.05) is 42.2 Å². The van der Waals surface area contributed by atoms with Crippen LogP contribution < -0.4 is 4.90 Å². The number of ether oxygens (including phenoxy) is 1. The predicted molar refractivity (Wildman–Crippen MR) is 103 cm³/mol. The summed E-state index contributed by atoms with van der Waals surface area (Å²) in [4.78, 5) is 7.03. The fourth-order valence-corrected chi connectivity index (χ4v) is 4.01. The SMILES string of the molecule is Cc1cnn(CC2CN(c3ccc4cc(Br)cc(Cl)c4n3)CCO2)c1. The van der Waals surface area contributed by atoms with Crippen molar-refractivity contribution in [3.63, 3.8) is 0 Å². The first kappa shape index (κ1) is 16.8. The molecular weight excluding hydrogens is 404 g/mol. The molecule has 0 radical (unpaired) electrons. The minimum Gasteiger partial charge on any atom is -0.373 e. The van der Waals surface area contributed by atoms with Crippen LogP contribution in [-0.4, -0.2) is 40.6 Å². The Hall–Kier alpha value is -1.63. The minimum atomic E-state index is 0.0888. The second kappa shape index (κ2) is 6.94. The molecule has 4 rings (SSSR count). The first-order chi connectivity index (χ1) is 12.1. The highest BCUT2D eigenvalue weighted by atomic mass is 79.9. The molecule has 1 aromatic carbocycles. The molecule has 0 bridgehead atoms. The standard InChI is InChI=1S/C18H18BrClN4O/c1-12-8-21-24(9-12)11-15-10-23(4-5-25-15)17-3-2-13-6-14(19)7-16(20)18(13)22-17/h2-3,6-9,15H,4-5,10-11H2,1H3. The first-order valence-corrected chi connectivity index (χ1v) is 9.37. The average molecular weight is 422 g/mol. The summed E-state index contributed by atoms with van der Waals surface area (Å²) in [6, 6.07) is 8.02. The molecule has 1 aliphatic heterocycles. The van der Waals surface area contributed by atoms with E-state index in [1.165, 1.54) is 0 Å². The Bertz CT molecular complexity index is 913. The number of aromatic nitrogens is 3. The number of halogens is 2. The highest BCUT2D eigenvalue weighted by molar-refractivity contribution is 9.10. The van der Waals surface area contributed by atoms with E-state index >= 15 is 0 Å². The number of hydrogen-bond donors (Lipinski definition) is 0. The predicted octanol–water partition coefficient (Wildman–Crippen LogP) is 4.06. The number of benzene rings is 1. The van der Waals surface area contributed by atoms with Crippen molar-refractivity contribution in [3.8, 4) is 0 Å². The van der Waals surface area contributed by atoms with Gasteiger partial charge in [0.2, 0.25) is 0 Å². The summed E-state index contributed by atoms with van der Waals surface area (Å²) in [5, 5.41) is 6.03. The molecule has 0 N–H and O–H groups in total. The molecule has 1 atom stereocenters. The lowest BCUT2D eigenvalue weighted by atomic mass is 10.2. The third-order valence-electron chi connectivity index (χ3n) is 4.31. The number of aryl methyl sites for hydroxylation is 1. The lowest BCUT2D eigenvalue weighted by molar-refractivity contribution is 0.0272. The monoisotopic (exact) mass is 420 g/mol. The van der Waals surface area contributed by atoms with Crippen molar-refractivity contribution in [1.82, 2.24) is 14.8 Å². The van der Waals surface area contributed by atoms with E-state index < -0.39 is 0 Å². The summed E-state index contributed by atoms with van der Waals surface area (Å²) in [5.74, 6) is 0.932. The molecule has 1 unspecified atom stereocenters. The van der Waals surface area contributed by atoms with Gasteiger partial charge in [-0.3, -0.25) is 4.68 Å². The topological polar surface area (TPSA) is 43.2 Å². The molecule has 1 fully saturated rings. The molecule has 7 heteroatoms. The molecule has 1 saturated heterocycles. The van der Waals surface area contributed by atoms with Crippen molar-refractivity contribution in [1.29, 1.82) is 0 Å². The van der Waals surface area contributed by atoms with Crippen molar-refractivity contribution in [3.05, 3.63) is 51.7 Å². The van der Waals surface area contributed by atoms with Crippen molar-refractivity contribution in [2.45, 2.75) is 19.6 Å². The van der Waals surface area contributed by atoms with Crippen LogP contribution in [0.25, 0.3) is 10.9 Å². The van der Waals surface area contributed by atoms with E-state index in [1.54, 1.807) is 0 Å². The second-order valence-electron chi connectivity index (χ2n) is 6.31. The van der Waals surface area contributed by atoms with Gasteiger partial charge in [0.15, 0.2) is 0 Å². The van der Waals surface area contributed by atoms with Gasteiger partial charge in [0.1, 0.15) is 5.82 Å². The van der Waals surface area contributed by atoms with Crippen molar-refractivity contribution >= 4 is 44.3 Å². The zero-order valence-electron chi connectivity index (χ0n) is 13.8. The molecule has 0 amide bonds. The average Bonchev–Trinajstić information content (AvgIpc) is 2.99. The quantitative estimate of drug-likeness (QED) is 0.639. The summed E-state index contributed by atoms with van der Waals surface area (Å²) in [5.41, 5.74) is 1.98. The van der Waals surface area contributed by atoms with Gasteiger partial charge in [0.05, 0.1) is 36.0 Å². The Morgan fingerprint density at radius 2 is 2.24 bits per heavy atom. The Balaban J connectivity index is 1.55. The summed E-state index contributed by atoms with van der Waals surface area (Å²) >= 11 is 9.84. The van der Waals surface area contributed by atoms with Gasteiger partial charge in [0, 0.05) is 29.1 Å². The second-order valence-corrected chi connectivity index (χ2v) is 7.63. The van der Waals surface area contributed by atoms with Crippen LogP contribution in [0.1, 0.15) is 5.56 Å². The summed E-state index contributed by atoms with van der Waals surface area (Å²) in [7, 11) is 0. The molecule has 1 aliphatic rings. The van der Waals surface area contributed by atoms with Gasteiger partial charge in [-0.15, -0.1) is 0 Å². The number of morpholine rings is 1. The van der Waals surface area contributed by atoms with Gasteiger partial charge in [0.25, 0.3) is 0 Å². The van der Waals surface area contributed by atoms with E-state index in [4.69, 9.17) is 21.3 Å². The highest BCUT2D eigenvalue weighted by Crippen LogP contribution is 2.29. The molecule has 25 heavy (non-hydrogen) atoms. The maximum absolute atomic E-state index is 6.36. The van der Waals surface area contributed by atoms with Crippen LogP contribution >= 0.6 is 27.5 Å². The number of pyridine rings is 1. The van der Waals surface area contributed by atoms with Crippen molar-refractivity contribution in [2.24, 2.45) is 0 Å². The Morgan fingerprint density at radius 3 is 3.04 bits per heavy atom. The zero-order valence-corrected chi connectivity index (χ0v) is 16.2. The fourth-order valence-electron chi connectivity index (χ4n) is 3.14. The largest absolute Gasteiger partial charge is 0.373 e. The number of nitrogens with zero attached hydrogens (tertiary/aromatic N) is 4. The lowest BCUT2D eigenvalue weighted by Gasteiger charge is -2.33. The minimum absolute atomic E-state index is 0.0888. The number of anilines is 1. The summed E-state index contributed by atoms with van der Waals surface area (Å²) < 4.78 is 8.80. The third-order valence-corrected chi connectivity index (χ3v) is 5.06. The van der Waals surface area contributed by atoms with E-state index in [0.717, 1.165) is 46.4 Å². The van der Waals surface area contributed by atoms with Crippen molar-refractivity contribution < 1.29 is 4.74 Å². The number of fused-ring (bicyclic) bond motifs is 1. The third kappa shape index (κ3) is 3.66. The smallest absolute Gasteiger partial charge is 0.129 e. The molecule has 130 valence electrons. The molecule has 0 saturated carbocycles. The van der Waals surface area contributed by atoms with Crippen molar-refractivity contribution in [2.75, 3.05) is 24.6 Å². The van der Waals surface area contributed by atoms with E-state index in [-0.39, 0.29) is 6.10 Å². The van der Waals surface area contributed by atoms with Crippen LogP contribution in [0.4, 0.5) is 5.82 Å². The van der Waals surface area contributed by atoms with E-state index in [0.29, 0.717) is 11.6 Å². The Kier molecular flexibility index (Phi) is 4.67. The molecule has 0 aliphatic carbocycles.